The first-order valence-corrected chi connectivity index (χ1v) is 6.27. The fourth-order valence-electron chi connectivity index (χ4n) is 1.28. The van der Waals surface area contributed by atoms with Gasteiger partial charge >= 0.3 is 5.97 Å². The van der Waals surface area contributed by atoms with Gasteiger partial charge in [-0.05, 0) is 13.0 Å². The summed E-state index contributed by atoms with van der Waals surface area (Å²) in [5, 5.41) is 6.66. The normalized spacial score (nSPS) is 10.0. The molecule has 1 aromatic rings. The highest BCUT2D eigenvalue weighted by atomic mass is 35.5. The second-order valence-corrected chi connectivity index (χ2v) is 4.20. The van der Waals surface area contributed by atoms with E-state index in [0.717, 1.165) is 0 Å². The lowest BCUT2D eigenvalue weighted by Crippen LogP contribution is -2.12. The lowest BCUT2D eigenvalue weighted by atomic mass is 10.4. The minimum absolute atomic E-state index is 0.253. The topological polar surface area (TPSA) is 63.2 Å². The molecule has 0 amide bonds. The molecule has 0 atom stereocenters. The molecule has 1 heterocycles. The van der Waals surface area contributed by atoms with Crippen LogP contribution in [-0.4, -0.2) is 31.2 Å². The molecule has 0 aliphatic carbocycles. The molecule has 0 aromatic carbocycles. The molecule has 0 saturated heterocycles. The molecule has 0 spiro atoms. The Bertz CT molecular complexity index is 427. The van der Waals surface area contributed by atoms with E-state index in [-0.39, 0.29) is 12.4 Å². The van der Waals surface area contributed by atoms with Crippen molar-refractivity contribution in [3.63, 3.8) is 0 Å². The van der Waals surface area contributed by atoms with E-state index in [4.69, 9.17) is 27.9 Å². The quantitative estimate of drug-likeness (QED) is 0.789. The zero-order valence-electron chi connectivity index (χ0n) is 10.2. The van der Waals surface area contributed by atoms with Crippen LogP contribution >= 0.6 is 23.2 Å². The van der Waals surface area contributed by atoms with E-state index < -0.39 is 0 Å². The van der Waals surface area contributed by atoms with E-state index in [9.17, 15) is 4.79 Å². The molecular formula is C11H15Cl2N3O2. The van der Waals surface area contributed by atoms with E-state index >= 15 is 0 Å². The van der Waals surface area contributed by atoms with Gasteiger partial charge < -0.3 is 15.4 Å². The number of anilines is 2. The predicted molar refractivity (Wildman–Crippen MR) is 73.5 cm³/mol. The summed E-state index contributed by atoms with van der Waals surface area (Å²) in [5.74, 6) is 0.748. The molecule has 18 heavy (non-hydrogen) atoms. The first-order valence-electron chi connectivity index (χ1n) is 5.51. The van der Waals surface area contributed by atoms with Crippen LogP contribution in [0.25, 0.3) is 0 Å². The van der Waals surface area contributed by atoms with Crippen LogP contribution in [-0.2, 0) is 9.53 Å². The fraction of sp³-hybridized carbons (Fsp3) is 0.455. The van der Waals surface area contributed by atoms with Gasteiger partial charge in [-0.15, -0.1) is 0 Å². The maximum atomic E-state index is 11.1. The highest BCUT2D eigenvalue weighted by molar-refractivity contribution is 6.37. The molecule has 0 saturated carbocycles. The summed E-state index contributed by atoms with van der Waals surface area (Å²) in [5.41, 5.74) is 0. The van der Waals surface area contributed by atoms with Crippen molar-refractivity contribution in [3.05, 3.63) is 16.1 Å². The van der Waals surface area contributed by atoms with E-state index in [2.05, 4.69) is 15.6 Å². The zero-order valence-corrected chi connectivity index (χ0v) is 11.7. The van der Waals surface area contributed by atoms with Gasteiger partial charge in [-0.1, -0.05) is 23.2 Å². The Kier molecular flexibility index (Phi) is 6.01. The maximum Gasteiger partial charge on any atom is 0.307 e. The standard InChI is InChI=1S/C11H15Cl2N3O2/c1-3-18-9(17)4-5-15-11-8(13)6-7(12)10(14-2)16-11/h6H,3-5H2,1-2H3,(H2,14,15,16). The van der Waals surface area contributed by atoms with Gasteiger partial charge in [0.05, 0.1) is 23.1 Å². The number of aromatic nitrogens is 1. The van der Waals surface area contributed by atoms with Crippen LogP contribution in [0.15, 0.2) is 6.07 Å². The lowest BCUT2D eigenvalue weighted by Gasteiger charge is -2.10. The highest BCUT2D eigenvalue weighted by Crippen LogP contribution is 2.28. The van der Waals surface area contributed by atoms with Gasteiger partial charge in [0.2, 0.25) is 0 Å². The summed E-state index contributed by atoms with van der Waals surface area (Å²) in [6.07, 6.45) is 0.253. The Morgan fingerprint density at radius 2 is 2.06 bits per heavy atom. The Balaban J connectivity index is 2.59. The zero-order chi connectivity index (χ0) is 13.5. The number of hydrogen-bond donors (Lipinski definition) is 2. The first-order chi connectivity index (χ1) is 8.58. The highest BCUT2D eigenvalue weighted by Gasteiger charge is 2.08. The van der Waals surface area contributed by atoms with Crippen LogP contribution in [0.1, 0.15) is 13.3 Å². The van der Waals surface area contributed by atoms with Crippen molar-refractivity contribution in [1.29, 1.82) is 0 Å². The fourth-order valence-corrected chi connectivity index (χ4v) is 1.80. The van der Waals surface area contributed by atoms with Gasteiger partial charge in [-0.2, -0.15) is 0 Å². The third-order valence-corrected chi connectivity index (χ3v) is 2.67. The van der Waals surface area contributed by atoms with Crippen molar-refractivity contribution in [2.45, 2.75) is 13.3 Å². The van der Waals surface area contributed by atoms with Crippen molar-refractivity contribution >= 4 is 40.8 Å². The summed E-state index contributed by atoms with van der Waals surface area (Å²) in [6.45, 7) is 2.54. The second kappa shape index (κ2) is 7.28. The Morgan fingerprint density at radius 3 is 2.67 bits per heavy atom. The third-order valence-electron chi connectivity index (χ3n) is 2.09. The Labute approximate surface area is 116 Å². The average Bonchev–Trinajstić information content (AvgIpc) is 2.32. The first kappa shape index (κ1) is 14.9. The number of nitrogens with zero attached hydrogens (tertiary/aromatic N) is 1. The third kappa shape index (κ3) is 4.23. The van der Waals surface area contributed by atoms with Crippen molar-refractivity contribution in [1.82, 2.24) is 4.98 Å². The van der Waals surface area contributed by atoms with Crippen LogP contribution < -0.4 is 10.6 Å². The molecule has 2 N–H and O–H groups in total. The number of carbonyl (C=O) groups is 1. The smallest absolute Gasteiger partial charge is 0.307 e. The molecule has 0 radical (unpaired) electrons. The molecule has 0 aliphatic rings. The lowest BCUT2D eigenvalue weighted by molar-refractivity contribution is -0.142. The second-order valence-electron chi connectivity index (χ2n) is 3.38. The van der Waals surface area contributed by atoms with E-state index in [1.807, 2.05) is 0 Å². The number of carbonyl (C=O) groups excluding carboxylic acids is 1. The van der Waals surface area contributed by atoms with Crippen LogP contribution in [0.3, 0.4) is 0 Å². The van der Waals surface area contributed by atoms with E-state index in [1.165, 1.54) is 0 Å². The van der Waals surface area contributed by atoms with Crippen LogP contribution in [0.5, 0.6) is 0 Å². The summed E-state index contributed by atoms with van der Waals surface area (Å²) in [6, 6.07) is 1.59. The van der Waals surface area contributed by atoms with E-state index in [1.54, 1.807) is 20.0 Å². The van der Waals surface area contributed by atoms with Crippen LogP contribution in [0.4, 0.5) is 11.6 Å². The predicted octanol–water partition coefficient (Wildman–Crippen LogP) is 2.80. The maximum absolute atomic E-state index is 11.1. The number of pyridine rings is 1. The van der Waals surface area contributed by atoms with Gasteiger partial charge in [0, 0.05) is 13.6 Å². The van der Waals surface area contributed by atoms with Gasteiger partial charge in [-0.25, -0.2) is 4.98 Å². The van der Waals surface area contributed by atoms with Gasteiger partial charge in [0.25, 0.3) is 0 Å². The molecule has 100 valence electrons. The molecule has 0 bridgehead atoms. The summed E-state index contributed by atoms with van der Waals surface area (Å²) < 4.78 is 4.81. The number of nitrogens with one attached hydrogen (secondary N) is 2. The Morgan fingerprint density at radius 1 is 1.39 bits per heavy atom. The SMILES string of the molecule is CCOC(=O)CCNc1nc(NC)c(Cl)cc1Cl. The largest absolute Gasteiger partial charge is 0.466 e. The monoisotopic (exact) mass is 291 g/mol. The molecular weight excluding hydrogens is 277 g/mol. The van der Waals surface area contributed by atoms with Crippen molar-refractivity contribution in [3.8, 4) is 0 Å². The van der Waals surface area contributed by atoms with Gasteiger partial charge in [0.15, 0.2) is 0 Å². The minimum Gasteiger partial charge on any atom is -0.466 e. The van der Waals surface area contributed by atoms with Crippen molar-refractivity contribution < 1.29 is 9.53 Å². The number of halogens is 2. The number of ether oxygens (including phenoxy) is 1. The average molecular weight is 292 g/mol. The summed E-state index contributed by atoms with van der Waals surface area (Å²) >= 11 is 11.9. The van der Waals surface area contributed by atoms with Gasteiger partial charge in [0.1, 0.15) is 11.6 Å². The van der Waals surface area contributed by atoms with Crippen LogP contribution in [0.2, 0.25) is 10.0 Å². The summed E-state index contributed by atoms with van der Waals surface area (Å²) in [7, 11) is 1.71. The van der Waals surface area contributed by atoms with Gasteiger partial charge in [-0.3, -0.25) is 4.79 Å². The molecule has 0 aliphatic heterocycles. The molecule has 1 rings (SSSR count). The van der Waals surface area contributed by atoms with Crippen LogP contribution in [0, 0.1) is 0 Å². The molecule has 0 fully saturated rings. The minimum atomic E-state index is -0.260. The van der Waals surface area contributed by atoms with Crippen molar-refractivity contribution in [2.24, 2.45) is 0 Å². The number of hydrogen-bond acceptors (Lipinski definition) is 5. The molecule has 1 aromatic heterocycles. The molecule has 5 nitrogen and oxygen atoms in total. The molecule has 7 heteroatoms. The Hall–Kier alpha value is -1.20. The number of rotatable bonds is 6. The van der Waals surface area contributed by atoms with Crippen molar-refractivity contribution in [2.75, 3.05) is 30.8 Å². The number of esters is 1. The summed E-state index contributed by atoms with van der Waals surface area (Å²) in [4.78, 5) is 15.3. The molecule has 0 unspecified atom stereocenters. The van der Waals surface area contributed by atoms with E-state index in [0.29, 0.717) is 34.8 Å².